The van der Waals surface area contributed by atoms with Gasteiger partial charge in [0.2, 0.25) is 47.3 Å². The van der Waals surface area contributed by atoms with Crippen LogP contribution in [0.1, 0.15) is 189 Å². The molecule has 5 aromatic rings. The van der Waals surface area contributed by atoms with Crippen LogP contribution in [0.25, 0.3) is 11.4 Å². The minimum atomic E-state index is -4.42. The van der Waals surface area contributed by atoms with Crippen LogP contribution in [0.5, 0.6) is 5.75 Å². The largest absolute Gasteiger partial charge is 0.508 e. The Morgan fingerprint density at radius 1 is 0.579 bits per heavy atom. The molecule has 2 fully saturated rings. The Bertz CT molecular complexity index is 4880. The molecule has 0 bridgehead atoms. The first-order valence-corrected chi connectivity index (χ1v) is 45.3. The third-order valence-electron chi connectivity index (χ3n) is 25.7. The van der Waals surface area contributed by atoms with Crippen molar-refractivity contribution in [3.8, 4) is 5.75 Å². The number of Topliss-reactive ketones (excluding diaryl/α,β-unsaturated/α-hetero) is 1. The summed E-state index contributed by atoms with van der Waals surface area (Å²) in [6, 6.07) is 29.6. The van der Waals surface area contributed by atoms with Crippen molar-refractivity contribution in [2.45, 2.75) is 193 Å². The Kier molecular flexibility index (Phi) is 34.8. The number of amides is 11. The number of anilines is 3. The molecule has 34 heteroatoms. The quantitative estimate of drug-likeness (QED) is 0.00573. The maximum atomic E-state index is 14.8. The van der Waals surface area contributed by atoms with Gasteiger partial charge in [-0.2, -0.15) is 8.42 Å². The van der Waals surface area contributed by atoms with Gasteiger partial charge in [-0.25, -0.2) is 9.59 Å². The monoisotopic (exact) mass is 1760 g/mol. The number of phenols is 1. The van der Waals surface area contributed by atoms with E-state index in [0.29, 0.717) is 47.6 Å². The number of ketones is 1. The van der Waals surface area contributed by atoms with Gasteiger partial charge in [0.15, 0.2) is 5.78 Å². The number of hydrazine groups is 1. The van der Waals surface area contributed by atoms with E-state index in [2.05, 4.69) is 67.1 Å². The van der Waals surface area contributed by atoms with Gasteiger partial charge in [-0.3, -0.25) is 64.2 Å². The van der Waals surface area contributed by atoms with Crippen LogP contribution in [0.3, 0.4) is 0 Å². The lowest BCUT2D eigenvalue weighted by Crippen LogP contribution is -2.60. The van der Waals surface area contributed by atoms with Crippen LogP contribution in [0.15, 0.2) is 109 Å². The van der Waals surface area contributed by atoms with Crippen LogP contribution < -0.4 is 69.8 Å². The zero-order chi connectivity index (χ0) is 90.9. The molecule has 126 heavy (non-hydrogen) atoms. The number of para-hydroxylation sites is 1. The Labute approximate surface area is 736 Å². The van der Waals surface area contributed by atoms with Crippen molar-refractivity contribution >= 4 is 104 Å². The summed E-state index contributed by atoms with van der Waals surface area (Å²) >= 11 is 0. The molecule has 5 aliphatic rings. The number of aromatic hydroxyl groups is 1. The zero-order valence-electron chi connectivity index (χ0n) is 73.2. The lowest BCUT2D eigenvalue weighted by atomic mass is 9.49. The highest BCUT2D eigenvalue weighted by atomic mass is 32.2. The number of aryl methyl sites for hydroxylation is 2. The van der Waals surface area contributed by atoms with Crippen LogP contribution in [0.4, 0.5) is 26.7 Å². The van der Waals surface area contributed by atoms with Crippen molar-refractivity contribution in [2.75, 3.05) is 101 Å². The first kappa shape index (κ1) is 97.3. The lowest BCUT2D eigenvalue weighted by molar-refractivity contribution is -0.150. The average molecular weight is 1770 g/mol. The first-order valence-electron chi connectivity index (χ1n) is 43.7. The number of hydrogen-bond acceptors (Lipinski definition) is 22. The molecule has 0 saturated heterocycles. The van der Waals surface area contributed by atoms with Gasteiger partial charge in [0.05, 0.1) is 99.1 Å². The van der Waals surface area contributed by atoms with Gasteiger partial charge in [-0.1, -0.05) is 121 Å². The molecule has 16 N–H and O–H groups in total. The van der Waals surface area contributed by atoms with Crippen molar-refractivity contribution in [2.24, 2.45) is 46.1 Å². The standard InChI is InChI=1S/C92H125N13O20S/c1-58(2)80(102-84(113)71(30-33-76(108)97-43-52-126(118,119)120)101-78(110)36-44-121-46-48-123-50-51-124-49-47-122-45-42-96-77(109)34-35-79(111)105-56-63-15-8-9-17-67(63)81(95-7)82(104-94)68-18-10-11-19-72(68)105)73(107)53-62(16-12-41-98-87(93)116)83(112)99-64-26-20-59(21-27-64)57-125-88(117)100-65-28-22-60-24-31-74-89(3,69(60)54-65)37-13-39-91(74,5)85(114)103-86(115)92(6)40-14-38-90(4)70-55-66(106)29-23-61(70)25-32-75(90)92/h8-11,15,17-23,26-29,54-55,58,62,71,74-75,80,95,104,106H,12-14,16,24-25,30-53,56-57,94H2,1-7H3,(H,96,109)(H,97,108)(H,99,112)(H,100,117)(H,101,110)(H,102,113)(H3,93,98,116)(H,103,114,115)(H,118,119,120)/b82-81-/t62-,71-,74-,75-,80+,89-,90-,91+,92+/m1/s1. The van der Waals surface area contributed by atoms with Crippen molar-refractivity contribution in [3.05, 3.63) is 154 Å². The normalized spacial score (nSPS) is 21.2. The summed E-state index contributed by atoms with van der Waals surface area (Å²) in [5.74, 6) is -0.567. The number of ether oxygens (including phenoxy) is 5. The Morgan fingerprint density at radius 3 is 1.78 bits per heavy atom. The first-order chi connectivity index (χ1) is 60.2. The highest BCUT2D eigenvalue weighted by molar-refractivity contribution is 7.85. The molecule has 0 radical (unpaired) electrons. The fourth-order valence-electron chi connectivity index (χ4n) is 19.1. The third kappa shape index (κ3) is 25.5. The van der Waals surface area contributed by atoms with Crippen LogP contribution in [0.2, 0.25) is 0 Å². The SMILES string of the molecule is CN/C1=C(\NN)c2ccccc2N(C(=O)CCC(=O)NCCOCCOCCOCCOCCC(=O)N[C@H](CCC(=O)NCCS(=O)(=O)O)C(=O)N[C@H](C(=O)C[C@@H](CCCNC(N)=O)C(=O)Nc2ccc(COC(=O)Nc3ccc4c(c3)[C@@]3(C)CCC[C@](C)(C(=O)NC(=O)[C@@]5(C)CCC[C@]6(C)c7cc(O)ccc7CC[C@@H]56)[C@@H]3CC4)cc2)C(C)C)Cc2ccccc21. The van der Waals surface area contributed by atoms with E-state index in [9.17, 15) is 70.8 Å². The number of imide groups is 1. The molecule has 2 saturated carbocycles. The summed E-state index contributed by atoms with van der Waals surface area (Å²) in [4.78, 5) is 152. The molecule has 1 heterocycles. The highest BCUT2D eigenvalue weighted by Gasteiger charge is 2.59. The van der Waals surface area contributed by atoms with Crippen LogP contribution >= 0.6 is 0 Å². The summed E-state index contributed by atoms with van der Waals surface area (Å²) in [6.07, 6.45) is 5.78. The molecule has 5 aromatic carbocycles. The predicted octanol–water partition coefficient (Wildman–Crippen LogP) is 8.28. The van der Waals surface area contributed by atoms with Crippen molar-refractivity contribution in [3.63, 3.8) is 0 Å². The fourth-order valence-corrected chi connectivity index (χ4v) is 19.5. The van der Waals surface area contributed by atoms with E-state index < -0.39 is 117 Å². The fraction of sp³-hybridized carbons (Fsp3) is 0.533. The number of nitrogens with two attached hydrogens (primary N) is 2. The number of nitrogens with zero attached hydrogens (tertiary/aromatic N) is 1. The molecular weight excluding hydrogens is 1640 g/mol. The molecular formula is C92H125N13O20S. The van der Waals surface area contributed by atoms with Gasteiger partial charge in [0.25, 0.3) is 10.1 Å². The second-order valence-electron chi connectivity index (χ2n) is 34.6. The number of hydrogen-bond donors (Lipinski definition) is 14. The number of urea groups is 1. The summed E-state index contributed by atoms with van der Waals surface area (Å²) in [5.41, 5.74) is 16.2. The lowest BCUT2D eigenvalue weighted by Gasteiger charge is -2.56. The van der Waals surface area contributed by atoms with E-state index in [1.807, 2.05) is 99.8 Å². The third-order valence-corrected chi connectivity index (χ3v) is 26.4. The molecule has 9 atom stereocenters. The summed E-state index contributed by atoms with van der Waals surface area (Å²) in [7, 11) is -2.61. The van der Waals surface area contributed by atoms with Crippen molar-refractivity contribution in [1.82, 2.24) is 42.6 Å². The number of primary amides is 1. The van der Waals surface area contributed by atoms with Gasteiger partial charge < -0.3 is 82.1 Å². The number of fused-ring (bicyclic) bond motifs is 8. The highest BCUT2D eigenvalue weighted by Crippen LogP contribution is 2.60. The summed E-state index contributed by atoms with van der Waals surface area (Å²) < 4.78 is 60.0. The number of rotatable bonds is 44. The Hall–Kier alpha value is -10.9. The molecule has 0 aromatic heterocycles. The topological polar surface area (TPSA) is 484 Å². The van der Waals surface area contributed by atoms with Gasteiger partial charge in [0.1, 0.15) is 18.4 Å². The Balaban J connectivity index is 0.642. The summed E-state index contributed by atoms with van der Waals surface area (Å²) in [6.45, 7) is 13.0. The molecule has 1 aliphatic heterocycles. The zero-order valence-corrected chi connectivity index (χ0v) is 74.1. The maximum Gasteiger partial charge on any atom is 0.411 e. The second-order valence-corrected chi connectivity index (χ2v) is 36.2. The van der Waals surface area contributed by atoms with E-state index >= 15 is 0 Å². The molecule has 0 unspecified atom stereocenters. The Morgan fingerprint density at radius 2 is 1.16 bits per heavy atom. The summed E-state index contributed by atoms with van der Waals surface area (Å²) in [5, 5.41) is 35.5. The molecule has 684 valence electrons. The number of phenolic OH excluding ortho intramolecular Hbond substituents is 1. The molecule has 11 amide bonds. The molecule has 10 rings (SSSR count). The minimum absolute atomic E-state index is 0.0188. The average Bonchev–Trinajstić information content (AvgIpc) is 0.720. The number of carbonyl (C=O) groups is 11. The van der Waals surface area contributed by atoms with E-state index in [1.165, 1.54) is 5.56 Å². The molecule has 0 spiro atoms. The minimum Gasteiger partial charge on any atom is -0.508 e. The maximum absolute atomic E-state index is 14.8. The van der Waals surface area contributed by atoms with Crippen LogP contribution in [-0.2, 0) is 114 Å². The van der Waals surface area contributed by atoms with E-state index in [-0.39, 0.29) is 164 Å². The second kappa shape index (κ2) is 45.0. The van der Waals surface area contributed by atoms with Crippen LogP contribution in [0, 0.1) is 34.5 Å². The van der Waals surface area contributed by atoms with Crippen molar-refractivity contribution in [1.29, 1.82) is 0 Å². The molecule has 4 aliphatic carbocycles. The number of nitrogens with one attached hydrogen (secondary N) is 10. The predicted molar refractivity (Wildman–Crippen MR) is 474 cm³/mol. The van der Waals surface area contributed by atoms with Gasteiger partial charge in [-0.15, -0.1) is 0 Å². The van der Waals surface area contributed by atoms with Gasteiger partial charge in [-0.05, 0) is 175 Å². The number of carbonyl (C=O) groups excluding carboxylic acids is 11. The van der Waals surface area contributed by atoms with Gasteiger partial charge in [0, 0.05) is 87.2 Å². The van der Waals surface area contributed by atoms with Crippen LogP contribution in [-0.4, -0.2) is 181 Å². The van der Waals surface area contributed by atoms with Crippen molar-refractivity contribution < 1.29 is 94.5 Å². The number of benzene rings is 5. The van der Waals surface area contributed by atoms with E-state index in [1.54, 1.807) is 49.1 Å². The van der Waals surface area contributed by atoms with E-state index in [4.69, 9.17) is 35.3 Å². The van der Waals surface area contributed by atoms with Gasteiger partial charge >= 0.3 is 12.1 Å². The smallest absolute Gasteiger partial charge is 0.411 e. The molecule has 33 nitrogen and oxygen atoms in total. The van der Waals surface area contributed by atoms with E-state index in [0.717, 1.165) is 84.0 Å².